The van der Waals surface area contributed by atoms with Crippen molar-refractivity contribution in [3.05, 3.63) is 28.7 Å². The second-order valence-corrected chi connectivity index (χ2v) is 8.77. The molecule has 1 aromatic carbocycles. The summed E-state index contributed by atoms with van der Waals surface area (Å²) < 4.78 is 23.4. The summed E-state index contributed by atoms with van der Waals surface area (Å²) in [5, 5.41) is 6.41. The smallest absolute Gasteiger partial charge is 0.191 e. The topological polar surface area (TPSA) is 73.8 Å². The molecule has 2 N–H and O–H groups in total. The van der Waals surface area contributed by atoms with E-state index in [1.165, 1.54) is 11.9 Å². The first-order valence-electron chi connectivity index (χ1n) is 7.53. The van der Waals surface area contributed by atoms with Gasteiger partial charge in [0.05, 0.1) is 11.4 Å². The van der Waals surface area contributed by atoms with Gasteiger partial charge in [0.2, 0.25) is 0 Å². The molecule has 0 aliphatic carbocycles. The average molecular weight is 403 g/mol. The molecule has 1 aliphatic heterocycles. The first-order chi connectivity index (χ1) is 10.9. The summed E-state index contributed by atoms with van der Waals surface area (Å²) in [4.78, 5) is 6.48. The number of nitrogens with one attached hydrogen (secondary N) is 2. The van der Waals surface area contributed by atoms with Crippen molar-refractivity contribution in [3.63, 3.8) is 0 Å². The van der Waals surface area contributed by atoms with Crippen LogP contribution in [0.1, 0.15) is 6.42 Å². The third kappa shape index (κ3) is 5.69. The van der Waals surface area contributed by atoms with Crippen LogP contribution in [0, 0.1) is 0 Å². The number of benzene rings is 1. The summed E-state index contributed by atoms with van der Waals surface area (Å²) in [5.74, 6) is 0.745. The number of aliphatic imine (C=N–C) groups is 1. The van der Waals surface area contributed by atoms with Crippen molar-refractivity contribution < 1.29 is 8.42 Å². The molecular weight excluding hydrogens is 380 g/mol. The molecule has 0 saturated carbocycles. The maximum atomic E-state index is 11.2. The Morgan fingerprint density at radius 1 is 1.43 bits per heavy atom. The van der Waals surface area contributed by atoms with Crippen LogP contribution in [0.15, 0.2) is 33.7 Å². The van der Waals surface area contributed by atoms with Gasteiger partial charge in [0.1, 0.15) is 9.84 Å². The van der Waals surface area contributed by atoms with Crippen LogP contribution in [0.4, 0.5) is 5.69 Å². The van der Waals surface area contributed by atoms with Crippen molar-refractivity contribution in [1.82, 2.24) is 10.6 Å². The molecule has 1 saturated heterocycles. The van der Waals surface area contributed by atoms with Crippen LogP contribution in [0.5, 0.6) is 0 Å². The normalized spacial score (nSPS) is 19.0. The van der Waals surface area contributed by atoms with Crippen LogP contribution >= 0.6 is 15.9 Å². The van der Waals surface area contributed by atoms with Gasteiger partial charge in [-0.1, -0.05) is 12.1 Å². The molecule has 6 nitrogen and oxygen atoms in total. The van der Waals surface area contributed by atoms with Gasteiger partial charge >= 0.3 is 0 Å². The molecule has 0 radical (unpaired) electrons. The Morgan fingerprint density at radius 2 is 2.17 bits per heavy atom. The van der Waals surface area contributed by atoms with Crippen LogP contribution < -0.4 is 15.5 Å². The van der Waals surface area contributed by atoms with Gasteiger partial charge in [-0.25, -0.2) is 8.42 Å². The quantitative estimate of drug-likeness (QED) is 0.572. The Balaban J connectivity index is 1.85. The standard InChI is InChI=1S/C15H23BrN4O2S/c1-17-15(18-8-10-23(2,21)22)19-12-7-9-20(11-12)14-6-4-3-5-13(14)16/h3-6,12H,7-11H2,1-2H3,(H2,17,18,19). The molecule has 0 bridgehead atoms. The molecule has 1 fully saturated rings. The first-order valence-corrected chi connectivity index (χ1v) is 10.4. The Kier molecular flexibility index (Phi) is 6.29. The highest BCUT2D eigenvalue weighted by atomic mass is 79.9. The number of halogens is 1. The van der Waals surface area contributed by atoms with E-state index in [4.69, 9.17) is 0 Å². The van der Waals surface area contributed by atoms with Gasteiger partial charge in [-0.2, -0.15) is 0 Å². The van der Waals surface area contributed by atoms with Crippen LogP contribution in [-0.4, -0.2) is 59.1 Å². The molecule has 1 aliphatic rings. The third-order valence-electron chi connectivity index (χ3n) is 3.71. The molecule has 0 spiro atoms. The van der Waals surface area contributed by atoms with Crippen molar-refractivity contribution >= 4 is 37.4 Å². The number of guanidine groups is 1. The second kappa shape index (κ2) is 8.01. The van der Waals surface area contributed by atoms with E-state index in [2.05, 4.69) is 42.5 Å². The summed E-state index contributed by atoms with van der Waals surface area (Å²) in [5.41, 5.74) is 1.19. The summed E-state index contributed by atoms with van der Waals surface area (Å²) >= 11 is 3.59. The molecule has 8 heteroatoms. The monoisotopic (exact) mass is 402 g/mol. The molecular formula is C15H23BrN4O2S. The van der Waals surface area contributed by atoms with Gasteiger partial charge in [-0.15, -0.1) is 0 Å². The minimum Gasteiger partial charge on any atom is -0.368 e. The molecule has 1 aromatic rings. The summed E-state index contributed by atoms with van der Waals surface area (Å²) in [6.45, 7) is 2.22. The largest absolute Gasteiger partial charge is 0.368 e. The first kappa shape index (κ1) is 18.1. The van der Waals surface area contributed by atoms with Crippen molar-refractivity contribution in [1.29, 1.82) is 0 Å². The Morgan fingerprint density at radius 3 is 2.83 bits per heavy atom. The zero-order valence-electron chi connectivity index (χ0n) is 13.4. The highest BCUT2D eigenvalue weighted by Gasteiger charge is 2.24. The highest BCUT2D eigenvalue weighted by Crippen LogP contribution is 2.28. The summed E-state index contributed by atoms with van der Waals surface area (Å²) in [6, 6.07) is 8.47. The number of para-hydroxylation sites is 1. The number of hydrogen-bond acceptors (Lipinski definition) is 4. The maximum Gasteiger partial charge on any atom is 0.191 e. The lowest BCUT2D eigenvalue weighted by Gasteiger charge is -2.21. The third-order valence-corrected chi connectivity index (χ3v) is 5.33. The van der Waals surface area contributed by atoms with E-state index < -0.39 is 9.84 Å². The van der Waals surface area contributed by atoms with E-state index in [-0.39, 0.29) is 11.8 Å². The lowest BCUT2D eigenvalue weighted by molar-refractivity contribution is 0.599. The Labute approximate surface area is 146 Å². The minimum atomic E-state index is -2.96. The molecule has 1 unspecified atom stereocenters. The van der Waals surface area contributed by atoms with Crippen molar-refractivity contribution in [2.24, 2.45) is 4.99 Å². The van der Waals surface area contributed by atoms with Crippen LogP contribution in [0.25, 0.3) is 0 Å². The van der Waals surface area contributed by atoms with Gasteiger partial charge in [0.25, 0.3) is 0 Å². The lowest BCUT2D eigenvalue weighted by atomic mass is 10.3. The van der Waals surface area contributed by atoms with E-state index >= 15 is 0 Å². The van der Waals surface area contributed by atoms with Crippen LogP contribution in [-0.2, 0) is 9.84 Å². The van der Waals surface area contributed by atoms with Gasteiger partial charge < -0.3 is 15.5 Å². The van der Waals surface area contributed by atoms with Gasteiger partial charge in [0, 0.05) is 43.5 Å². The average Bonchev–Trinajstić information content (AvgIpc) is 2.93. The van der Waals surface area contributed by atoms with Gasteiger partial charge in [0.15, 0.2) is 5.96 Å². The number of rotatable bonds is 5. The van der Waals surface area contributed by atoms with Crippen LogP contribution in [0.3, 0.4) is 0 Å². The number of anilines is 1. The van der Waals surface area contributed by atoms with E-state index in [0.717, 1.165) is 24.0 Å². The van der Waals surface area contributed by atoms with E-state index in [1.54, 1.807) is 7.05 Å². The molecule has 23 heavy (non-hydrogen) atoms. The predicted octanol–water partition coefficient (Wildman–Crippen LogP) is 1.24. The fraction of sp³-hybridized carbons (Fsp3) is 0.533. The van der Waals surface area contributed by atoms with E-state index in [9.17, 15) is 8.42 Å². The Bertz CT molecular complexity index is 663. The molecule has 2 rings (SSSR count). The fourth-order valence-electron chi connectivity index (χ4n) is 2.55. The minimum absolute atomic E-state index is 0.0987. The van der Waals surface area contributed by atoms with Crippen molar-refractivity contribution in [2.75, 3.05) is 43.6 Å². The van der Waals surface area contributed by atoms with Gasteiger partial charge in [-0.3, -0.25) is 4.99 Å². The highest BCUT2D eigenvalue weighted by molar-refractivity contribution is 9.10. The lowest BCUT2D eigenvalue weighted by Crippen LogP contribution is -2.45. The number of sulfone groups is 1. The fourth-order valence-corrected chi connectivity index (χ4v) is 3.56. The molecule has 0 amide bonds. The van der Waals surface area contributed by atoms with Crippen molar-refractivity contribution in [2.45, 2.75) is 12.5 Å². The van der Waals surface area contributed by atoms with E-state index in [0.29, 0.717) is 12.5 Å². The SMILES string of the molecule is CN=C(NCCS(C)(=O)=O)NC1CCN(c2ccccc2Br)C1. The maximum absolute atomic E-state index is 11.2. The predicted molar refractivity (Wildman–Crippen MR) is 99.0 cm³/mol. The van der Waals surface area contributed by atoms with Gasteiger partial charge in [-0.05, 0) is 34.5 Å². The second-order valence-electron chi connectivity index (χ2n) is 5.66. The Hall–Kier alpha value is -1.28. The van der Waals surface area contributed by atoms with Crippen molar-refractivity contribution in [3.8, 4) is 0 Å². The number of hydrogen-bond donors (Lipinski definition) is 2. The molecule has 1 atom stereocenters. The zero-order valence-corrected chi connectivity index (χ0v) is 15.8. The number of nitrogens with zero attached hydrogens (tertiary/aromatic N) is 2. The molecule has 1 heterocycles. The molecule has 128 valence electrons. The van der Waals surface area contributed by atoms with Crippen LogP contribution in [0.2, 0.25) is 0 Å². The van der Waals surface area contributed by atoms with E-state index in [1.807, 2.05) is 18.2 Å². The zero-order chi connectivity index (χ0) is 16.9. The summed E-state index contributed by atoms with van der Waals surface area (Å²) in [7, 11) is -1.27. The summed E-state index contributed by atoms with van der Waals surface area (Å²) in [6.07, 6.45) is 2.24. The molecule has 0 aromatic heterocycles.